The number of ether oxygens (including phenoxy) is 1. The monoisotopic (exact) mass is 546 g/mol. The van der Waals surface area contributed by atoms with Gasteiger partial charge in [0.15, 0.2) is 5.82 Å². The highest BCUT2D eigenvalue weighted by atomic mass is 19.1. The van der Waals surface area contributed by atoms with Crippen LogP contribution in [0.4, 0.5) is 4.39 Å². The number of benzene rings is 2. The summed E-state index contributed by atoms with van der Waals surface area (Å²) in [5, 5.41) is 0. The number of hydrogen-bond donors (Lipinski definition) is 0. The van der Waals surface area contributed by atoms with E-state index in [1.54, 1.807) is 24.3 Å². The Hall–Kier alpha value is -3.08. The fraction of sp³-hybridized carbons (Fsp3) is 0.514. The van der Waals surface area contributed by atoms with E-state index in [-0.39, 0.29) is 11.4 Å². The molecule has 0 unspecified atom stereocenters. The van der Waals surface area contributed by atoms with Crippen molar-refractivity contribution in [3.05, 3.63) is 77.4 Å². The third kappa shape index (κ3) is 11.2. The number of halogens is 1. The quantitative estimate of drug-likeness (QED) is 0.0852. The van der Waals surface area contributed by atoms with Crippen molar-refractivity contribution in [1.82, 2.24) is 9.97 Å². The van der Waals surface area contributed by atoms with Gasteiger partial charge in [0, 0.05) is 18.0 Å². The van der Waals surface area contributed by atoms with E-state index in [9.17, 15) is 9.18 Å². The molecule has 0 aliphatic rings. The minimum absolute atomic E-state index is 0.212. The van der Waals surface area contributed by atoms with Crippen molar-refractivity contribution < 1.29 is 13.9 Å². The van der Waals surface area contributed by atoms with E-state index in [0.717, 1.165) is 30.4 Å². The molecule has 0 aliphatic heterocycles. The summed E-state index contributed by atoms with van der Waals surface area (Å²) in [6.07, 6.45) is 22.9. The third-order valence-electron chi connectivity index (χ3n) is 7.44. The SMILES string of the molecule is CCCCCCCCCCc1cnc(-c2ccc(OC(=O)c3ccc(CCCCCCCC)c(F)c3)cc2)nc1. The second-order valence-corrected chi connectivity index (χ2v) is 10.9. The van der Waals surface area contributed by atoms with Crippen molar-refractivity contribution in [3.8, 4) is 17.1 Å². The van der Waals surface area contributed by atoms with Crippen molar-refractivity contribution in [2.24, 2.45) is 0 Å². The molecule has 2 aromatic carbocycles. The summed E-state index contributed by atoms with van der Waals surface area (Å²) >= 11 is 0. The normalized spacial score (nSPS) is 11.1. The molecular weight excluding hydrogens is 499 g/mol. The zero-order valence-electron chi connectivity index (χ0n) is 24.6. The first-order valence-corrected chi connectivity index (χ1v) is 15.5. The van der Waals surface area contributed by atoms with Crippen molar-refractivity contribution in [3.63, 3.8) is 0 Å². The number of nitrogens with zero attached hydrogens (tertiary/aromatic N) is 2. The molecule has 5 heteroatoms. The molecule has 0 aliphatic carbocycles. The summed E-state index contributed by atoms with van der Waals surface area (Å²) in [5.41, 5.74) is 2.87. The predicted octanol–water partition coefficient (Wildman–Crippen LogP) is 10.1. The highest BCUT2D eigenvalue weighted by molar-refractivity contribution is 5.91. The Morgan fingerprint density at radius 1 is 0.700 bits per heavy atom. The lowest BCUT2D eigenvalue weighted by atomic mass is 10.0. The molecule has 216 valence electrons. The maximum atomic E-state index is 14.6. The van der Waals surface area contributed by atoms with E-state index < -0.39 is 5.97 Å². The minimum atomic E-state index is -0.570. The van der Waals surface area contributed by atoms with E-state index in [0.29, 0.717) is 23.6 Å². The van der Waals surface area contributed by atoms with Gasteiger partial charge in [0.2, 0.25) is 0 Å². The van der Waals surface area contributed by atoms with Crippen LogP contribution in [0.2, 0.25) is 0 Å². The molecule has 0 saturated heterocycles. The highest BCUT2D eigenvalue weighted by Gasteiger charge is 2.13. The van der Waals surface area contributed by atoms with Crippen LogP contribution in [0.25, 0.3) is 11.4 Å². The summed E-state index contributed by atoms with van der Waals surface area (Å²) in [7, 11) is 0. The maximum absolute atomic E-state index is 14.6. The molecule has 0 atom stereocenters. The van der Waals surface area contributed by atoms with Crippen LogP contribution in [0.1, 0.15) is 125 Å². The number of carbonyl (C=O) groups excluding carboxylic acids is 1. The number of aryl methyl sites for hydroxylation is 2. The van der Waals surface area contributed by atoms with E-state index in [1.807, 2.05) is 24.5 Å². The van der Waals surface area contributed by atoms with Crippen LogP contribution in [0.3, 0.4) is 0 Å². The van der Waals surface area contributed by atoms with E-state index in [2.05, 4.69) is 23.8 Å². The van der Waals surface area contributed by atoms with Crippen molar-refractivity contribution in [2.75, 3.05) is 0 Å². The van der Waals surface area contributed by atoms with Crippen LogP contribution in [0, 0.1) is 5.82 Å². The molecule has 4 nitrogen and oxygen atoms in total. The molecule has 0 saturated carbocycles. The van der Waals surface area contributed by atoms with Gasteiger partial charge in [-0.15, -0.1) is 0 Å². The van der Waals surface area contributed by atoms with Crippen LogP contribution in [-0.4, -0.2) is 15.9 Å². The first-order valence-electron chi connectivity index (χ1n) is 15.5. The largest absolute Gasteiger partial charge is 0.423 e. The van der Waals surface area contributed by atoms with Crippen molar-refractivity contribution >= 4 is 5.97 Å². The van der Waals surface area contributed by atoms with E-state index in [4.69, 9.17) is 4.74 Å². The average Bonchev–Trinajstić information content (AvgIpc) is 2.97. The second kappa shape index (κ2) is 18.3. The lowest BCUT2D eigenvalue weighted by Crippen LogP contribution is -2.09. The Balaban J connectivity index is 1.42. The first-order chi connectivity index (χ1) is 19.6. The summed E-state index contributed by atoms with van der Waals surface area (Å²) in [4.78, 5) is 21.7. The van der Waals surface area contributed by atoms with Gasteiger partial charge in [0.25, 0.3) is 0 Å². The van der Waals surface area contributed by atoms with Gasteiger partial charge in [-0.1, -0.05) is 97.0 Å². The van der Waals surface area contributed by atoms with Gasteiger partial charge in [-0.3, -0.25) is 0 Å². The number of rotatable bonds is 19. The van der Waals surface area contributed by atoms with Crippen LogP contribution in [-0.2, 0) is 12.8 Å². The molecule has 0 radical (unpaired) electrons. The number of unbranched alkanes of at least 4 members (excludes halogenated alkanes) is 12. The Morgan fingerprint density at radius 2 is 1.25 bits per heavy atom. The minimum Gasteiger partial charge on any atom is -0.423 e. The molecule has 0 bridgehead atoms. The second-order valence-electron chi connectivity index (χ2n) is 10.9. The molecule has 3 rings (SSSR count). The van der Waals surface area contributed by atoms with Gasteiger partial charge in [-0.05, 0) is 73.2 Å². The molecule has 1 aromatic heterocycles. The lowest BCUT2D eigenvalue weighted by Gasteiger charge is -2.08. The topological polar surface area (TPSA) is 52.1 Å². The average molecular weight is 547 g/mol. The fourth-order valence-electron chi connectivity index (χ4n) is 4.91. The van der Waals surface area contributed by atoms with Crippen molar-refractivity contribution in [1.29, 1.82) is 0 Å². The molecule has 0 spiro atoms. The van der Waals surface area contributed by atoms with E-state index in [1.165, 1.54) is 83.1 Å². The molecule has 3 aromatic rings. The molecule has 40 heavy (non-hydrogen) atoms. The molecular formula is C35H47FN2O2. The maximum Gasteiger partial charge on any atom is 0.343 e. The summed E-state index contributed by atoms with van der Waals surface area (Å²) in [6.45, 7) is 4.45. The predicted molar refractivity (Wildman–Crippen MR) is 162 cm³/mol. The molecule has 0 N–H and O–H groups in total. The number of esters is 1. The molecule has 1 heterocycles. The lowest BCUT2D eigenvalue weighted by molar-refractivity contribution is 0.0734. The zero-order valence-corrected chi connectivity index (χ0v) is 24.6. The number of aromatic nitrogens is 2. The summed E-state index contributed by atoms with van der Waals surface area (Å²) < 4.78 is 20.1. The van der Waals surface area contributed by atoms with Gasteiger partial charge < -0.3 is 4.74 Å². The van der Waals surface area contributed by atoms with Gasteiger partial charge in [-0.25, -0.2) is 19.2 Å². The van der Waals surface area contributed by atoms with Crippen LogP contribution < -0.4 is 4.74 Å². The Labute approximate surface area is 240 Å². The summed E-state index contributed by atoms with van der Waals surface area (Å²) in [5.74, 6) is 0.123. The Kier molecular flexibility index (Phi) is 14.4. The van der Waals surface area contributed by atoms with Crippen molar-refractivity contribution in [2.45, 2.75) is 117 Å². The highest BCUT2D eigenvalue weighted by Crippen LogP contribution is 2.22. The van der Waals surface area contributed by atoms with Gasteiger partial charge in [0.1, 0.15) is 11.6 Å². The Morgan fingerprint density at radius 3 is 1.82 bits per heavy atom. The van der Waals surface area contributed by atoms with Crippen LogP contribution in [0.5, 0.6) is 5.75 Å². The van der Waals surface area contributed by atoms with Gasteiger partial charge in [0.05, 0.1) is 5.56 Å². The molecule has 0 fully saturated rings. The smallest absolute Gasteiger partial charge is 0.343 e. The third-order valence-corrected chi connectivity index (χ3v) is 7.44. The fourth-order valence-corrected chi connectivity index (χ4v) is 4.91. The Bertz CT molecular complexity index is 1130. The summed E-state index contributed by atoms with van der Waals surface area (Å²) in [6, 6.07) is 11.7. The molecule has 0 amide bonds. The standard InChI is InChI=1S/C35H47FN2O2/c1-3-5-7-9-11-12-13-15-17-28-26-37-34(38-27-28)30-21-23-32(24-22-30)40-35(39)31-20-19-29(33(36)25-31)18-16-14-10-8-6-4-2/h19-27H,3-18H2,1-2H3. The van der Waals surface area contributed by atoms with Crippen LogP contribution >= 0.6 is 0 Å². The van der Waals surface area contributed by atoms with Gasteiger partial charge >= 0.3 is 5.97 Å². The number of hydrogen-bond acceptors (Lipinski definition) is 4. The first kappa shape index (κ1) is 31.4. The zero-order chi connectivity index (χ0) is 28.4. The van der Waals surface area contributed by atoms with E-state index >= 15 is 0 Å². The van der Waals surface area contributed by atoms with Crippen LogP contribution in [0.15, 0.2) is 54.9 Å². The van der Waals surface area contributed by atoms with Gasteiger partial charge in [-0.2, -0.15) is 0 Å². The number of carbonyl (C=O) groups is 1.